The molecule has 3 atom stereocenters. The summed E-state index contributed by atoms with van der Waals surface area (Å²) in [5, 5.41) is 0.637. The zero-order valence-corrected chi connectivity index (χ0v) is 16.7. The van der Waals surface area contributed by atoms with Crippen LogP contribution in [-0.4, -0.2) is 19.8 Å². The maximum Gasteiger partial charge on any atom is 0.124 e. The molecule has 1 fully saturated rings. The van der Waals surface area contributed by atoms with Crippen LogP contribution in [0.4, 0.5) is 0 Å². The summed E-state index contributed by atoms with van der Waals surface area (Å²) in [6, 6.07) is 13.0. The number of halogens is 1. The Bertz CT molecular complexity index is 807. The second kappa shape index (κ2) is 8.12. The third-order valence-electron chi connectivity index (χ3n) is 6.07. The topological polar surface area (TPSA) is 44.5 Å². The summed E-state index contributed by atoms with van der Waals surface area (Å²) >= 11 is 6.13. The van der Waals surface area contributed by atoms with Crippen molar-refractivity contribution in [3.8, 4) is 11.5 Å². The lowest BCUT2D eigenvalue weighted by Crippen LogP contribution is -2.21. The van der Waals surface area contributed by atoms with Crippen LogP contribution in [0.5, 0.6) is 11.5 Å². The Morgan fingerprint density at radius 2 is 1.89 bits per heavy atom. The van der Waals surface area contributed by atoms with Crippen LogP contribution in [0.15, 0.2) is 36.4 Å². The molecule has 2 aliphatic carbocycles. The first kappa shape index (κ1) is 18.6. The van der Waals surface area contributed by atoms with Crippen LogP contribution in [0.2, 0.25) is 5.02 Å². The van der Waals surface area contributed by atoms with Gasteiger partial charge in [0.25, 0.3) is 0 Å². The zero-order valence-electron chi connectivity index (χ0n) is 15.9. The fraction of sp³-hybridized carbons (Fsp3) is 0.478. The SMILES string of the molecule is COc1cc(Cl)cc(OCC2CCc3cc(C4CCC(N)C4)ccc3C2)c1. The molecule has 0 radical (unpaired) electrons. The highest BCUT2D eigenvalue weighted by atomic mass is 35.5. The molecular weight excluding hydrogens is 358 g/mol. The van der Waals surface area contributed by atoms with Crippen molar-refractivity contribution in [1.29, 1.82) is 0 Å². The first-order valence-electron chi connectivity index (χ1n) is 9.95. The summed E-state index contributed by atoms with van der Waals surface area (Å²) in [6.07, 6.45) is 6.91. The van der Waals surface area contributed by atoms with Crippen LogP contribution in [-0.2, 0) is 12.8 Å². The summed E-state index contributed by atoms with van der Waals surface area (Å²) in [4.78, 5) is 0. The number of ether oxygens (including phenoxy) is 2. The highest BCUT2D eigenvalue weighted by Crippen LogP contribution is 2.36. The van der Waals surface area contributed by atoms with Gasteiger partial charge in [-0.15, -0.1) is 0 Å². The average Bonchev–Trinajstić information content (AvgIpc) is 3.11. The molecule has 2 aromatic rings. The Morgan fingerprint density at radius 1 is 1.04 bits per heavy atom. The molecule has 2 N–H and O–H groups in total. The normalized spacial score (nSPS) is 24.5. The number of methoxy groups -OCH3 is 1. The third kappa shape index (κ3) is 4.41. The molecule has 2 aromatic carbocycles. The second-order valence-corrected chi connectivity index (χ2v) is 8.48. The number of benzene rings is 2. The van der Waals surface area contributed by atoms with E-state index in [0.717, 1.165) is 37.2 Å². The van der Waals surface area contributed by atoms with Crippen molar-refractivity contribution in [3.05, 3.63) is 58.1 Å². The van der Waals surface area contributed by atoms with Crippen molar-refractivity contribution >= 4 is 11.6 Å². The number of nitrogens with two attached hydrogens (primary N) is 1. The van der Waals surface area contributed by atoms with E-state index in [9.17, 15) is 0 Å². The summed E-state index contributed by atoms with van der Waals surface area (Å²) < 4.78 is 11.3. The molecule has 0 heterocycles. The van der Waals surface area contributed by atoms with Gasteiger partial charge in [-0.25, -0.2) is 0 Å². The third-order valence-corrected chi connectivity index (χ3v) is 6.29. The van der Waals surface area contributed by atoms with E-state index in [0.29, 0.717) is 29.5 Å². The minimum atomic E-state index is 0.387. The van der Waals surface area contributed by atoms with Gasteiger partial charge in [-0.1, -0.05) is 29.8 Å². The van der Waals surface area contributed by atoms with E-state index >= 15 is 0 Å². The first-order chi connectivity index (χ1) is 13.1. The van der Waals surface area contributed by atoms with Crippen molar-refractivity contribution in [1.82, 2.24) is 0 Å². The van der Waals surface area contributed by atoms with Gasteiger partial charge in [0.2, 0.25) is 0 Å². The van der Waals surface area contributed by atoms with Crippen molar-refractivity contribution in [2.75, 3.05) is 13.7 Å². The van der Waals surface area contributed by atoms with Crippen LogP contribution in [0.25, 0.3) is 0 Å². The van der Waals surface area contributed by atoms with E-state index in [4.69, 9.17) is 26.8 Å². The molecule has 0 amide bonds. The molecule has 2 aliphatic rings. The Morgan fingerprint density at radius 3 is 2.67 bits per heavy atom. The van der Waals surface area contributed by atoms with E-state index in [1.54, 1.807) is 13.2 Å². The largest absolute Gasteiger partial charge is 0.497 e. The lowest BCUT2D eigenvalue weighted by molar-refractivity contribution is 0.233. The fourth-order valence-corrected chi connectivity index (χ4v) is 4.73. The van der Waals surface area contributed by atoms with Crippen LogP contribution in [0.3, 0.4) is 0 Å². The summed E-state index contributed by atoms with van der Waals surface area (Å²) in [6.45, 7) is 0.710. The molecule has 3 unspecified atom stereocenters. The van der Waals surface area contributed by atoms with Crippen LogP contribution >= 0.6 is 11.6 Å². The summed E-state index contributed by atoms with van der Waals surface area (Å²) in [5.41, 5.74) is 10.6. The molecule has 0 saturated heterocycles. The van der Waals surface area contributed by atoms with Crippen LogP contribution < -0.4 is 15.2 Å². The van der Waals surface area contributed by atoms with Gasteiger partial charge in [0.15, 0.2) is 0 Å². The van der Waals surface area contributed by atoms with Gasteiger partial charge in [-0.3, -0.25) is 0 Å². The highest BCUT2D eigenvalue weighted by molar-refractivity contribution is 6.30. The minimum absolute atomic E-state index is 0.387. The standard InChI is InChI=1S/C23H28ClNO2/c1-26-22-11-20(24)12-23(13-22)27-14-15-2-3-17-9-18(5-4-16(17)8-15)19-6-7-21(25)10-19/h4-5,9,11-13,15,19,21H,2-3,6-8,10,14,25H2,1H3. The zero-order chi connectivity index (χ0) is 18.8. The Balaban J connectivity index is 1.38. The summed E-state index contributed by atoms with van der Waals surface area (Å²) in [7, 11) is 1.64. The minimum Gasteiger partial charge on any atom is -0.497 e. The monoisotopic (exact) mass is 385 g/mol. The highest BCUT2D eigenvalue weighted by Gasteiger charge is 2.25. The second-order valence-electron chi connectivity index (χ2n) is 8.04. The van der Waals surface area contributed by atoms with Gasteiger partial charge < -0.3 is 15.2 Å². The number of fused-ring (bicyclic) bond motifs is 1. The van der Waals surface area contributed by atoms with Gasteiger partial charge in [-0.05, 0) is 79.2 Å². The molecule has 0 bridgehead atoms. The number of rotatable bonds is 5. The molecule has 3 nitrogen and oxygen atoms in total. The van der Waals surface area contributed by atoms with Crippen molar-refractivity contribution in [2.45, 2.75) is 50.5 Å². The fourth-order valence-electron chi connectivity index (χ4n) is 4.52. The van der Waals surface area contributed by atoms with Gasteiger partial charge in [0.1, 0.15) is 11.5 Å². The Labute approximate surface area is 166 Å². The molecule has 0 aromatic heterocycles. The molecule has 144 valence electrons. The Kier molecular flexibility index (Phi) is 5.60. The smallest absolute Gasteiger partial charge is 0.124 e. The van der Waals surface area contributed by atoms with E-state index in [2.05, 4.69) is 18.2 Å². The van der Waals surface area contributed by atoms with Gasteiger partial charge in [0, 0.05) is 17.1 Å². The van der Waals surface area contributed by atoms with E-state index < -0.39 is 0 Å². The Hall–Kier alpha value is -1.71. The lowest BCUT2D eigenvalue weighted by Gasteiger charge is -2.26. The molecule has 27 heavy (non-hydrogen) atoms. The summed E-state index contributed by atoms with van der Waals surface area (Å²) in [5.74, 6) is 2.70. The van der Waals surface area contributed by atoms with Gasteiger partial charge in [-0.2, -0.15) is 0 Å². The van der Waals surface area contributed by atoms with Gasteiger partial charge in [0.05, 0.1) is 13.7 Å². The molecule has 0 aliphatic heterocycles. The predicted molar refractivity (Wildman–Crippen MR) is 110 cm³/mol. The predicted octanol–water partition coefficient (Wildman–Crippen LogP) is 5.13. The van der Waals surface area contributed by atoms with Gasteiger partial charge >= 0.3 is 0 Å². The number of hydrogen-bond acceptors (Lipinski definition) is 3. The quantitative estimate of drug-likeness (QED) is 0.776. The maximum atomic E-state index is 6.13. The molecular formula is C23H28ClNO2. The maximum absolute atomic E-state index is 6.13. The number of aryl methyl sites for hydroxylation is 1. The molecule has 1 saturated carbocycles. The average molecular weight is 386 g/mol. The first-order valence-corrected chi connectivity index (χ1v) is 10.3. The van der Waals surface area contributed by atoms with Crippen molar-refractivity contribution in [3.63, 3.8) is 0 Å². The molecule has 4 rings (SSSR count). The number of hydrogen-bond donors (Lipinski definition) is 1. The van der Waals surface area contributed by atoms with E-state index in [1.807, 2.05) is 12.1 Å². The molecule has 4 heteroatoms. The van der Waals surface area contributed by atoms with Crippen LogP contribution in [0, 0.1) is 5.92 Å². The van der Waals surface area contributed by atoms with Crippen molar-refractivity contribution in [2.24, 2.45) is 11.7 Å². The van der Waals surface area contributed by atoms with Crippen LogP contribution in [0.1, 0.15) is 48.3 Å². The van der Waals surface area contributed by atoms with Crippen molar-refractivity contribution < 1.29 is 9.47 Å². The van der Waals surface area contributed by atoms with E-state index in [1.165, 1.54) is 29.5 Å². The lowest BCUT2D eigenvalue weighted by atomic mass is 9.82. The molecule has 0 spiro atoms. The van der Waals surface area contributed by atoms with E-state index in [-0.39, 0.29) is 0 Å².